The average Bonchev–Trinajstić information content (AvgIpc) is 3.20. The summed E-state index contributed by atoms with van der Waals surface area (Å²) < 4.78 is 45.5. The molecule has 1 saturated heterocycles. The van der Waals surface area contributed by atoms with Crippen LogP contribution in [0.25, 0.3) is 22.6 Å². The summed E-state index contributed by atoms with van der Waals surface area (Å²) in [5.41, 5.74) is 5.59. The van der Waals surface area contributed by atoms with Crippen LogP contribution in [0, 0.1) is 0 Å². The summed E-state index contributed by atoms with van der Waals surface area (Å²) in [6.45, 7) is -0.548. The van der Waals surface area contributed by atoms with Crippen molar-refractivity contribution < 1.29 is 33.2 Å². The second-order valence-electron chi connectivity index (χ2n) is 6.54. The molecule has 0 spiro atoms. The minimum atomic E-state index is -4.50. The number of aliphatic hydroxyl groups excluding tert-OH is 3. The molecule has 12 heteroatoms. The van der Waals surface area contributed by atoms with Gasteiger partial charge < -0.3 is 25.8 Å². The molecule has 0 radical (unpaired) electrons. The van der Waals surface area contributed by atoms with Crippen LogP contribution in [0.5, 0.6) is 0 Å². The maximum atomic E-state index is 12.9. The fraction of sp³-hybridized carbons (Fsp3) is 0.353. The number of imidazole rings is 1. The van der Waals surface area contributed by atoms with Gasteiger partial charge in [0.15, 0.2) is 23.2 Å². The van der Waals surface area contributed by atoms with Gasteiger partial charge in [-0.05, 0) is 12.1 Å². The molecule has 3 aromatic rings. The van der Waals surface area contributed by atoms with E-state index in [1.807, 2.05) is 0 Å². The van der Waals surface area contributed by atoms with Crippen LogP contribution in [-0.2, 0) is 10.9 Å². The van der Waals surface area contributed by atoms with Gasteiger partial charge in [0.05, 0.1) is 12.2 Å². The molecule has 9 nitrogen and oxygen atoms in total. The average molecular weight is 411 g/mol. The van der Waals surface area contributed by atoms with E-state index in [4.69, 9.17) is 10.5 Å². The van der Waals surface area contributed by atoms with Crippen molar-refractivity contribution in [2.24, 2.45) is 0 Å². The molecule has 0 amide bonds. The van der Waals surface area contributed by atoms with Crippen molar-refractivity contribution in [1.82, 2.24) is 19.5 Å². The van der Waals surface area contributed by atoms with Gasteiger partial charge in [0.2, 0.25) is 0 Å². The third kappa shape index (κ3) is 3.19. The summed E-state index contributed by atoms with van der Waals surface area (Å²) >= 11 is 0. The number of fused-ring (bicyclic) bond motifs is 1. The summed E-state index contributed by atoms with van der Waals surface area (Å²) in [7, 11) is 0. The van der Waals surface area contributed by atoms with Crippen LogP contribution in [0.3, 0.4) is 0 Å². The zero-order valence-corrected chi connectivity index (χ0v) is 14.7. The molecule has 154 valence electrons. The van der Waals surface area contributed by atoms with Gasteiger partial charge in [0.25, 0.3) is 0 Å². The van der Waals surface area contributed by atoms with E-state index in [1.54, 1.807) is 0 Å². The largest absolute Gasteiger partial charge is 0.416 e. The Labute approximate surface area is 161 Å². The third-order valence-electron chi connectivity index (χ3n) is 4.75. The molecular weight excluding hydrogens is 395 g/mol. The molecule has 0 bridgehead atoms. The van der Waals surface area contributed by atoms with Crippen LogP contribution in [0.4, 0.5) is 19.0 Å². The molecule has 4 unspecified atom stereocenters. The quantitative estimate of drug-likeness (QED) is 0.494. The first-order valence-electron chi connectivity index (χ1n) is 8.51. The van der Waals surface area contributed by atoms with Gasteiger partial charge in [-0.1, -0.05) is 12.1 Å². The van der Waals surface area contributed by atoms with E-state index >= 15 is 0 Å². The van der Waals surface area contributed by atoms with E-state index in [-0.39, 0.29) is 28.4 Å². The molecule has 1 aliphatic heterocycles. The van der Waals surface area contributed by atoms with Gasteiger partial charge >= 0.3 is 6.18 Å². The number of rotatable bonds is 3. The minimum Gasteiger partial charge on any atom is -0.394 e. The fourth-order valence-corrected chi connectivity index (χ4v) is 3.27. The number of halogens is 3. The Balaban J connectivity index is 1.89. The van der Waals surface area contributed by atoms with Crippen LogP contribution in [-0.4, -0.2) is 59.8 Å². The zero-order valence-electron chi connectivity index (χ0n) is 14.7. The summed E-state index contributed by atoms with van der Waals surface area (Å²) in [6, 6.07) is 4.22. The summed E-state index contributed by atoms with van der Waals surface area (Å²) in [6.07, 6.45) is -8.45. The highest BCUT2D eigenvalue weighted by Gasteiger charge is 2.45. The lowest BCUT2D eigenvalue weighted by Crippen LogP contribution is -2.33. The van der Waals surface area contributed by atoms with Crippen molar-refractivity contribution in [3.63, 3.8) is 0 Å². The Bertz CT molecular complexity index is 1040. The molecule has 2 aromatic heterocycles. The molecular formula is C17H16F3N5O4. The van der Waals surface area contributed by atoms with Gasteiger partial charge in [-0.3, -0.25) is 4.57 Å². The number of aliphatic hydroxyl groups is 3. The first-order valence-corrected chi connectivity index (χ1v) is 8.51. The third-order valence-corrected chi connectivity index (χ3v) is 4.75. The van der Waals surface area contributed by atoms with Gasteiger partial charge in [0.1, 0.15) is 30.5 Å². The van der Waals surface area contributed by atoms with E-state index in [0.29, 0.717) is 0 Å². The van der Waals surface area contributed by atoms with E-state index in [2.05, 4.69) is 15.0 Å². The molecule has 1 fully saturated rings. The monoisotopic (exact) mass is 411 g/mol. The Hall–Kier alpha value is -2.80. The van der Waals surface area contributed by atoms with Gasteiger partial charge in [-0.25, -0.2) is 15.0 Å². The predicted molar refractivity (Wildman–Crippen MR) is 93.2 cm³/mol. The number of hydrogen-bond acceptors (Lipinski definition) is 8. The van der Waals surface area contributed by atoms with Crippen LogP contribution in [0.15, 0.2) is 30.6 Å². The molecule has 5 N–H and O–H groups in total. The number of hydrogen-bond donors (Lipinski definition) is 4. The topological polar surface area (TPSA) is 140 Å². The molecule has 3 heterocycles. The maximum absolute atomic E-state index is 12.9. The summed E-state index contributed by atoms with van der Waals surface area (Å²) in [4.78, 5) is 12.3. The smallest absolute Gasteiger partial charge is 0.394 e. The first-order chi connectivity index (χ1) is 13.7. The molecule has 0 saturated carbocycles. The lowest BCUT2D eigenvalue weighted by molar-refractivity contribution is -0.137. The van der Waals surface area contributed by atoms with E-state index in [9.17, 15) is 28.5 Å². The van der Waals surface area contributed by atoms with Crippen molar-refractivity contribution in [2.75, 3.05) is 12.3 Å². The summed E-state index contributed by atoms with van der Waals surface area (Å²) in [5.74, 6) is 0.129. The van der Waals surface area contributed by atoms with Crippen molar-refractivity contribution in [3.8, 4) is 11.4 Å². The van der Waals surface area contributed by atoms with Gasteiger partial charge in [0, 0.05) is 5.56 Å². The standard InChI is InChI=1S/C17H16F3N5O4/c18-17(19,20)8-3-1-7(2-4-8)14-24-10-13(21)22-6-23-15(10)25(14)16-12(28)11(27)9(5-26)29-16/h1-4,6,9,11-12,16,26-28H,5H2,(H2,21,22,23). The number of aromatic nitrogens is 4. The number of ether oxygens (including phenoxy) is 1. The SMILES string of the molecule is Nc1ncnc2c1nc(-c1ccc(C(F)(F)F)cc1)n2C1OC(CO)C(O)C1O. The lowest BCUT2D eigenvalue weighted by Gasteiger charge is -2.19. The van der Waals surface area contributed by atoms with Gasteiger partial charge in [-0.15, -0.1) is 0 Å². The number of benzene rings is 1. The Morgan fingerprint density at radius 1 is 1.10 bits per heavy atom. The number of anilines is 1. The predicted octanol–water partition coefficient (Wildman–Crippen LogP) is 0.706. The highest BCUT2D eigenvalue weighted by atomic mass is 19.4. The van der Waals surface area contributed by atoms with E-state index < -0.39 is 42.9 Å². The first kappa shape index (κ1) is 19.5. The number of nitrogen functional groups attached to an aromatic ring is 1. The van der Waals surface area contributed by atoms with Crippen LogP contribution >= 0.6 is 0 Å². The van der Waals surface area contributed by atoms with Crippen molar-refractivity contribution in [3.05, 3.63) is 36.2 Å². The molecule has 1 aliphatic rings. The molecule has 1 aromatic carbocycles. The van der Waals surface area contributed by atoms with Crippen LogP contribution < -0.4 is 5.73 Å². The second kappa shape index (κ2) is 6.91. The highest BCUT2D eigenvalue weighted by Crippen LogP contribution is 2.37. The van der Waals surface area contributed by atoms with Crippen molar-refractivity contribution in [1.29, 1.82) is 0 Å². The van der Waals surface area contributed by atoms with Crippen LogP contribution in [0.2, 0.25) is 0 Å². The van der Waals surface area contributed by atoms with Gasteiger partial charge in [-0.2, -0.15) is 13.2 Å². The Morgan fingerprint density at radius 3 is 2.38 bits per heavy atom. The second-order valence-corrected chi connectivity index (χ2v) is 6.54. The molecule has 4 rings (SSSR count). The zero-order chi connectivity index (χ0) is 20.9. The number of alkyl halides is 3. The Morgan fingerprint density at radius 2 is 1.79 bits per heavy atom. The molecule has 0 aliphatic carbocycles. The van der Waals surface area contributed by atoms with E-state index in [1.165, 1.54) is 16.7 Å². The fourth-order valence-electron chi connectivity index (χ4n) is 3.27. The molecule has 29 heavy (non-hydrogen) atoms. The number of nitrogens with zero attached hydrogens (tertiary/aromatic N) is 4. The Kier molecular flexibility index (Phi) is 4.65. The minimum absolute atomic E-state index is 0.0219. The highest BCUT2D eigenvalue weighted by molar-refractivity contribution is 5.85. The molecule has 4 atom stereocenters. The normalized spacial score (nSPS) is 25.0. The van der Waals surface area contributed by atoms with Crippen molar-refractivity contribution in [2.45, 2.75) is 30.7 Å². The maximum Gasteiger partial charge on any atom is 0.416 e. The van der Waals surface area contributed by atoms with Crippen LogP contribution in [0.1, 0.15) is 11.8 Å². The van der Waals surface area contributed by atoms with E-state index in [0.717, 1.165) is 18.5 Å². The van der Waals surface area contributed by atoms with Crippen molar-refractivity contribution >= 4 is 17.0 Å². The number of nitrogens with two attached hydrogens (primary N) is 1. The summed E-state index contributed by atoms with van der Waals surface area (Å²) in [5, 5.41) is 29.9. The lowest BCUT2D eigenvalue weighted by atomic mass is 10.1.